The number of anilines is 3. The van der Waals surface area contributed by atoms with Crippen molar-refractivity contribution in [3.8, 4) is 0 Å². The van der Waals surface area contributed by atoms with Crippen molar-refractivity contribution >= 4 is 17.3 Å². The van der Waals surface area contributed by atoms with Crippen molar-refractivity contribution in [2.24, 2.45) is 0 Å². The molecule has 1 heterocycles. The summed E-state index contributed by atoms with van der Waals surface area (Å²) in [4.78, 5) is 6.21. The maximum atomic E-state index is 4.35. The molecule has 144 valence electrons. The lowest BCUT2D eigenvalue weighted by Gasteiger charge is -2.32. The first-order valence-corrected chi connectivity index (χ1v) is 8.81. The second-order valence-electron chi connectivity index (χ2n) is 5.73. The predicted molar refractivity (Wildman–Crippen MR) is 118 cm³/mol. The van der Waals surface area contributed by atoms with E-state index in [9.17, 15) is 0 Å². The molecule has 1 aromatic heterocycles. The molecule has 0 aliphatic heterocycles. The Morgan fingerprint density at radius 3 is 1.11 bits per heavy atom. The molecule has 0 bridgehead atoms. The Balaban J connectivity index is 3.66. The van der Waals surface area contributed by atoms with E-state index < -0.39 is 0 Å². The minimum Gasteiger partial charge on any atom is -0.358 e. The number of hydrogen-bond acceptors (Lipinski definition) is 6. The van der Waals surface area contributed by atoms with E-state index in [1.54, 1.807) is 0 Å². The first-order chi connectivity index (χ1) is 13.2. The van der Waals surface area contributed by atoms with Gasteiger partial charge in [0.15, 0.2) is 11.6 Å². The normalized spacial score (nSPS) is 9.78. The number of aromatic nitrogens is 3. The Kier molecular flexibility index (Phi) is 9.93. The zero-order valence-corrected chi connectivity index (χ0v) is 16.1. The van der Waals surface area contributed by atoms with Crippen LogP contribution in [-0.4, -0.2) is 54.7 Å². The van der Waals surface area contributed by atoms with Crippen LogP contribution < -0.4 is 14.7 Å². The molecule has 0 radical (unpaired) electrons. The fourth-order valence-electron chi connectivity index (χ4n) is 2.70. The molecule has 0 saturated heterocycles. The average Bonchev–Trinajstić information content (AvgIpc) is 2.67. The molecule has 6 heteroatoms. The second-order valence-corrected chi connectivity index (χ2v) is 5.73. The standard InChI is InChI=1S/C21H30N6/c1-7-13-25(14-8-2)19-20(26(15-9-3)16-10-4)22-24-23-21(19)27(17-11-5)18-12-6/h7-12H,1-6,13-18H2. The Hall–Kier alpha value is -3.15. The second kappa shape index (κ2) is 12.2. The quantitative estimate of drug-likeness (QED) is 0.443. The van der Waals surface area contributed by atoms with E-state index in [2.05, 4.69) is 59.8 Å². The van der Waals surface area contributed by atoms with Crippen molar-refractivity contribution in [1.29, 1.82) is 0 Å². The zero-order valence-electron chi connectivity index (χ0n) is 16.1. The van der Waals surface area contributed by atoms with Gasteiger partial charge in [0.2, 0.25) is 0 Å². The van der Waals surface area contributed by atoms with Crippen LogP contribution in [0.3, 0.4) is 0 Å². The van der Waals surface area contributed by atoms with Crippen molar-refractivity contribution in [3.63, 3.8) is 0 Å². The van der Waals surface area contributed by atoms with Crippen molar-refractivity contribution in [1.82, 2.24) is 15.4 Å². The highest BCUT2D eigenvalue weighted by Gasteiger charge is 2.24. The van der Waals surface area contributed by atoms with Crippen LogP contribution in [0.5, 0.6) is 0 Å². The molecule has 0 aliphatic rings. The Morgan fingerprint density at radius 2 is 0.815 bits per heavy atom. The molecule has 0 N–H and O–H groups in total. The summed E-state index contributed by atoms with van der Waals surface area (Å²) in [5, 5.41) is 12.7. The van der Waals surface area contributed by atoms with Crippen LogP contribution in [0, 0.1) is 0 Å². The van der Waals surface area contributed by atoms with Crippen LogP contribution >= 0.6 is 0 Å². The van der Waals surface area contributed by atoms with Crippen LogP contribution in [0.4, 0.5) is 17.3 Å². The minimum absolute atomic E-state index is 0.607. The molecule has 6 nitrogen and oxygen atoms in total. The van der Waals surface area contributed by atoms with E-state index in [1.807, 2.05) is 46.3 Å². The van der Waals surface area contributed by atoms with Crippen LogP contribution in [0.15, 0.2) is 75.9 Å². The lowest BCUT2D eigenvalue weighted by atomic mass is 10.2. The number of nitrogens with zero attached hydrogens (tertiary/aromatic N) is 6. The maximum Gasteiger partial charge on any atom is 0.181 e. The lowest BCUT2D eigenvalue weighted by Crippen LogP contribution is -2.34. The van der Waals surface area contributed by atoms with Gasteiger partial charge in [-0.2, -0.15) is 0 Å². The highest BCUT2D eigenvalue weighted by atomic mass is 15.4. The molecule has 0 spiro atoms. The van der Waals surface area contributed by atoms with Gasteiger partial charge in [0, 0.05) is 39.3 Å². The molecule has 0 unspecified atom stereocenters. The van der Waals surface area contributed by atoms with Crippen molar-refractivity contribution in [3.05, 3.63) is 75.9 Å². The summed E-state index contributed by atoms with van der Waals surface area (Å²) in [7, 11) is 0. The Morgan fingerprint density at radius 1 is 0.519 bits per heavy atom. The van der Waals surface area contributed by atoms with Gasteiger partial charge in [-0.05, 0) is 5.21 Å². The van der Waals surface area contributed by atoms with Gasteiger partial charge in [-0.25, -0.2) is 0 Å². The Bertz CT molecular complexity index is 594. The topological polar surface area (TPSA) is 48.4 Å². The SMILES string of the molecule is C=CCN(CC=C)c1nnnc(N(CC=C)CC=C)c1N(CC=C)CC=C. The van der Waals surface area contributed by atoms with Crippen molar-refractivity contribution in [2.45, 2.75) is 0 Å². The van der Waals surface area contributed by atoms with Crippen molar-refractivity contribution in [2.75, 3.05) is 54.0 Å². The summed E-state index contributed by atoms with van der Waals surface area (Å²) < 4.78 is 0. The fourth-order valence-corrected chi connectivity index (χ4v) is 2.70. The van der Waals surface area contributed by atoms with E-state index in [-0.39, 0.29) is 0 Å². The summed E-state index contributed by atoms with van der Waals surface area (Å²) in [6.07, 6.45) is 11.0. The highest BCUT2D eigenvalue weighted by molar-refractivity contribution is 5.80. The molecule has 0 amide bonds. The van der Waals surface area contributed by atoms with E-state index in [0.717, 1.165) is 5.69 Å². The van der Waals surface area contributed by atoms with Gasteiger partial charge in [0.25, 0.3) is 0 Å². The predicted octanol–water partition coefficient (Wildman–Crippen LogP) is 3.41. The third-order valence-corrected chi connectivity index (χ3v) is 3.71. The minimum atomic E-state index is 0.607. The molecular formula is C21H30N6. The highest BCUT2D eigenvalue weighted by Crippen LogP contribution is 2.35. The van der Waals surface area contributed by atoms with E-state index in [1.165, 1.54) is 0 Å². The average molecular weight is 367 g/mol. The van der Waals surface area contributed by atoms with Gasteiger partial charge in [0.05, 0.1) is 0 Å². The van der Waals surface area contributed by atoms with Crippen LogP contribution in [-0.2, 0) is 0 Å². The first kappa shape index (κ1) is 21.9. The third-order valence-electron chi connectivity index (χ3n) is 3.71. The zero-order chi connectivity index (χ0) is 20.1. The Labute approximate surface area is 163 Å². The smallest absolute Gasteiger partial charge is 0.181 e. The number of hydrogen-bond donors (Lipinski definition) is 0. The van der Waals surface area contributed by atoms with E-state index in [4.69, 9.17) is 0 Å². The third kappa shape index (κ3) is 5.95. The van der Waals surface area contributed by atoms with Gasteiger partial charge < -0.3 is 14.7 Å². The number of rotatable bonds is 15. The molecular weight excluding hydrogens is 336 g/mol. The molecule has 1 aromatic rings. The lowest BCUT2D eigenvalue weighted by molar-refractivity contribution is 0.776. The molecule has 0 atom stereocenters. The van der Waals surface area contributed by atoms with Gasteiger partial charge in [-0.15, -0.1) is 49.7 Å². The van der Waals surface area contributed by atoms with Gasteiger partial charge in [-0.3, -0.25) is 0 Å². The van der Waals surface area contributed by atoms with E-state index >= 15 is 0 Å². The van der Waals surface area contributed by atoms with Crippen molar-refractivity contribution < 1.29 is 0 Å². The first-order valence-electron chi connectivity index (χ1n) is 8.81. The van der Waals surface area contributed by atoms with Crippen LogP contribution in [0.2, 0.25) is 0 Å². The van der Waals surface area contributed by atoms with Crippen LogP contribution in [0.1, 0.15) is 0 Å². The summed E-state index contributed by atoms with van der Waals surface area (Å²) in [5.41, 5.74) is 0.859. The molecule has 0 saturated carbocycles. The van der Waals surface area contributed by atoms with Gasteiger partial charge in [0.1, 0.15) is 5.69 Å². The molecule has 0 aliphatic carbocycles. The summed E-state index contributed by atoms with van der Waals surface area (Å²) in [6.45, 7) is 26.8. The van der Waals surface area contributed by atoms with Gasteiger partial charge in [-0.1, -0.05) is 36.5 Å². The summed E-state index contributed by atoms with van der Waals surface area (Å²) in [5.74, 6) is 1.42. The largest absolute Gasteiger partial charge is 0.358 e. The maximum absolute atomic E-state index is 4.35. The molecule has 0 fully saturated rings. The van der Waals surface area contributed by atoms with Crippen LogP contribution in [0.25, 0.3) is 0 Å². The van der Waals surface area contributed by atoms with E-state index in [0.29, 0.717) is 50.9 Å². The van der Waals surface area contributed by atoms with Gasteiger partial charge >= 0.3 is 0 Å². The summed E-state index contributed by atoms with van der Waals surface area (Å²) >= 11 is 0. The monoisotopic (exact) mass is 366 g/mol. The molecule has 27 heavy (non-hydrogen) atoms. The molecule has 1 rings (SSSR count). The molecule has 0 aromatic carbocycles. The summed E-state index contributed by atoms with van der Waals surface area (Å²) in [6, 6.07) is 0. The fraction of sp³-hybridized carbons (Fsp3) is 0.286.